The number of rotatable bonds is 3. The third-order valence-corrected chi connectivity index (χ3v) is 1.63. The molecule has 0 aliphatic heterocycles. The molecule has 1 aromatic heterocycles. The molecule has 0 amide bonds. The second kappa shape index (κ2) is 4.47. The van der Waals surface area contributed by atoms with E-state index in [2.05, 4.69) is 4.98 Å². The van der Waals surface area contributed by atoms with Crippen LogP contribution in [0.3, 0.4) is 0 Å². The first-order valence-electron chi connectivity index (χ1n) is 4.14. The van der Waals surface area contributed by atoms with E-state index in [4.69, 9.17) is 11.6 Å². The van der Waals surface area contributed by atoms with E-state index < -0.39 is 0 Å². The Labute approximate surface area is 77.8 Å². The Morgan fingerprint density at radius 3 is 2.92 bits per heavy atom. The van der Waals surface area contributed by atoms with Crippen molar-refractivity contribution in [2.45, 2.75) is 6.92 Å². The lowest BCUT2D eigenvalue weighted by Crippen LogP contribution is -2.25. The molecule has 1 aromatic rings. The van der Waals surface area contributed by atoms with Crippen molar-refractivity contribution < 1.29 is 0 Å². The molecule has 0 saturated heterocycles. The van der Waals surface area contributed by atoms with Gasteiger partial charge in [0.25, 0.3) is 0 Å². The summed E-state index contributed by atoms with van der Waals surface area (Å²) in [6, 6.07) is 5.57. The minimum atomic E-state index is 0.574. The summed E-state index contributed by atoms with van der Waals surface area (Å²) in [6.07, 6.45) is 3.37. The summed E-state index contributed by atoms with van der Waals surface area (Å²) < 4.78 is 0. The largest absolute Gasteiger partial charge is 0.396 e. The molecule has 13 heavy (non-hydrogen) atoms. The number of nitrogens with zero attached hydrogens (tertiary/aromatic N) is 2. The van der Waals surface area contributed by atoms with E-state index in [1.54, 1.807) is 12.4 Å². The van der Waals surface area contributed by atoms with Crippen LogP contribution < -0.4 is 11.6 Å². The highest BCUT2D eigenvalue weighted by atomic mass is 15.4. The van der Waals surface area contributed by atoms with Gasteiger partial charge in [-0.3, -0.25) is 4.98 Å². The van der Waals surface area contributed by atoms with Crippen LogP contribution in [0.1, 0.15) is 12.6 Å². The maximum absolute atomic E-state index is 5.75. The van der Waals surface area contributed by atoms with E-state index in [0.29, 0.717) is 12.2 Å². The first kappa shape index (κ1) is 9.54. The van der Waals surface area contributed by atoms with Crippen LogP contribution in [0, 0.1) is 0 Å². The van der Waals surface area contributed by atoms with Crippen LogP contribution in [-0.2, 0) is 0 Å². The molecule has 0 saturated carbocycles. The van der Waals surface area contributed by atoms with Crippen molar-refractivity contribution in [2.24, 2.45) is 11.6 Å². The monoisotopic (exact) mass is 178 g/mol. The molecule has 0 radical (unpaired) electrons. The molecule has 0 aliphatic rings. The third kappa shape index (κ3) is 2.76. The average Bonchev–Trinajstić information content (AvgIpc) is 2.19. The molecule has 1 heterocycles. The van der Waals surface area contributed by atoms with Gasteiger partial charge in [-0.15, -0.1) is 0 Å². The fourth-order valence-electron chi connectivity index (χ4n) is 0.870. The Morgan fingerprint density at radius 1 is 1.62 bits per heavy atom. The van der Waals surface area contributed by atoms with E-state index in [0.717, 1.165) is 5.69 Å². The minimum absolute atomic E-state index is 0.574. The summed E-state index contributed by atoms with van der Waals surface area (Å²) >= 11 is 0. The number of hydrogen-bond acceptors (Lipinski definition) is 4. The van der Waals surface area contributed by atoms with E-state index in [1.165, 1.54) is 5.01 Å². The Morgan fingerprint density at radius 2 is 2.38 bits per heavy atom. The quantitative estimate of drug-likeness (QED) is 0.523. The molecule has 0 aliphatic carbocycles. The molecule has 4 heteroatoms. The minimum Gasteiger partial charge on any atom is -0.396 e. The third-order valence-electron chi connectivity index (χ3n) is 1.63. The number of aromatic nitrogens is 1. The van der Waals surface area contributed by atoms with Crippen LogP contribution in [0.5, 0.6) is 0 Å². The molecule has 4 nitrogen and oxygen atoms in total. The fraction of sp³-hybridized carbons (Fsp3) is 0.222. The Kier molecular flexibility index (Phi) is 3.28. The van der Waals surface area contributed by atoms with Crippen molar-refractivity contribution >= 4 is 5.70 Å². The molecule has 0 spiro atoms. The lowest BCUT2D eigenvalue weighted by atomic mass is 10.3. The predicted molar refractivity (Wildman–Crippen MR) is 53.0 cm³/mol. The zero-order valence-electron chi connectivity index (χ0n) is 7.64. The summed E-state index contributed by atoms with van der Waals surface area (Å²) in [5, 5.41) is 1.52. The van der Waals surface area contributed by atoms with E-state index in [9.17, 15) is 0 Å². The van der Waals surface area contributed by atoms with Gasteiger partial charge in [0.1, 0.15) is 0 Å². The van der Waals surface area contributed by atoms with Gasteiger partial charge in [-0.1, -0.05) is 6.07 Å². The van der Waals surface area contributed by atoms with E-state index >= 15 is 0 Å². The summed E-state index contributed by atoms with van der Waals surface area (Å²) in [4.78, 5) is 4.09. The van der Waals surface area contributed by atoms with Gasteiger partial charge in [-0.2, -0.15) is 0 Å². The van der Waals surface area contributed by atoms with Crippen molar-refractivity contribution in [3.05, 3.63) is 36.3 Å². The molecule has 1 rings (SSSR count). The van der Waals surface area contributed by atoms with Crippen molar-refractivity contribution in [3.8, 4) is 0 Å². The topological polar surface area (TPSA) is 68.2 Å². The standard InChI is InChI=1S/C9H14N4/c1-2-13(11)7-8(10)9-5-3-4-6-12-9/h3-7H,2,10-11H2,1H3/b8-7-. The van der Waals surface area contributed by atoms with Crippen molar-refractivity contribution in [1.82, 2.24) is 9.99 Å². The van der Waals surface area contributed by atoms with Crippen LogP contribution >= 0.6 is 0 Å². The highest BCUT2D eigenvalue weighted by Crippen LogP contribution is 2.03. The van der Waals surface area contributed by atoms with Gasteiger partial charge in [0.2, 0.25) is 0 Å². The molecule has 0 bridgehead atoms. The average molecular weight is 178 g/mol. The molecule has 0 unspecified atom stereocenters. The highest BCUT2D eigenvalue weighted by molar-refractivity contribution is 5.58. The van der Waals surface area contributed by atoms with Gasteiger partial charge in [-0.05, 0) is 19.1 Å². The molecular formula is C9H14N4. The first-order chi connectivity index (χ1) is 6.24. The highest BCUT2D eigenvalue weighted by Gasteiger charge is 1.97. The summed E-state index contributed by atoms with van der Waals surface area (Å²) in [5.74, 6) is 5.56. The Hall–Kier alpha value is -1.55. The van der Waals surface area contributed by atoms with E-state index in [1.807, 2.05) is 25.1 Å². The number of nitrogens with two attached hydrogens (primary N) is 2. The number of hydrogen-bond donors (Lipinski definition) is 2. The summed E-state index contributed by atoms with van der Waals surface area (Å²) in [6.45, 7) is 2.66. The fourth-order valence-corrected chi connectivity index (χ4v) is 0.870. The Balaban J connectivity index is 2.79. The van der Waals surface area contributed by atoms with Crippen LogP contribution in [0.4, 0.5) is 0 Å². The second-order valence-corrected chi connectivity index (χ2v) is 2.63. The molecule has 0 aromatic carbocycles. The van der Waals surface area contributed by atoms with Crippen LogP contribution in [0.15, 0.2) is 30.6 Å². The van der Waals surface area contributed by atoms with Gasteiger partial charge < -0.3 is 10.7 Å². The van der Waals surface area contributed by atoms with Gasteiger partial charge in [0.15, 0.2) is 0 Å². The van der Waals surface area contributed by atoms with Crippen molar-refractivity contribution in [3.63, 3.8) is 0 Å². The summed E-state index contributed by atoms with van der Waals surface area (Å²) in [7, 11) is 0. The SMILES string of the molecule is CCN(N)/C=C(\N)c1ccccn1. The lowest BCUT2D eigenvalue weighted by molar-refractivity contribution is 0.418. The van der Waals surface area contributed by atoms with Gasteiger partial charge in [0, 0.05) is 18.9 Å². The zero-order valence-corrected chi connectivity index (χ0v) is 7.64. The maximum atomic E-state index is 5.75. The van der Waals surface area contributed by atoms with Gasteiger partial charge >= 0.3 is 0 Å². The van der Waals surface area contributed by atoms with Crippen LogP contribution in [-0.4, -0.2) is 16.5 Å². The second-order valence-electron chi connectivity index (χ2n) is 2.63. The Bertz CT molecular complexity index is 281. The molecule has 0 atom stereocenters. The maximum Gasteiger partial charge on any atom is 0.0874 e. The van der Waals surface area contributed by atoms with Crippen LogP contribution in [0.2, 0.25) is 0 Å². The van der Waals surface area contributed by atoms with E-state index in [-0.39, 0.29) is 0 Å². The number of hydrazine groups is 1. The predicted octanol–water partition coefficient (Wildman–Crippen LogP) is 0.534. The lowest BCUT2D eigenvalue weighted by Gasteiger charge is -2.11. The summed E-state index contributed by atoms with van der Waals surface area (Å²) in [5.41, 5.74) is 7.06. The smallest absolute Gasteiger partial charge is 0.0874 e. The first-order valence-corrected chi connectivity index (χ1v) is 4.14. The van der Waals surface area contributed by atoms with Gasteiger partial charge in [0.05, 0.1) is 11.4 Å². The van der Waals surface area contributed by atoms with Crippen molar-refractivity contribution in [1.29, 1.82) is 0 Å². The van der Waals surface area contributed by atoms with Crippen molar-refractivity contribution in [2.75, 3.05) is 6.54 Å². The number of pyridine rings is 1. The molecule has 70 valence electrons. The zero-order chi connectivity index (χ0) is 9.68. The van der Waals surface area contributed by atoms with Gasteiger partial charge in [-0.25, -0.2) is 5.84 Å². The van der Waals surface area contributed by atoms with Crippen LogP contribution in [0.25, 0.3) is 5.70 Å². The molecular weight excluding hydrogens is 164 g/mol. The molecule has 4 N–H and O–H groups in total. The molecule has 0 fully saturated rings. The normalized spacial score (nSPS) is 11.4.